The fourth-order valence-corrected chi connectivity index (χ4v) is 5.86. The number of hydrogen-bond donors (Lipinski definition) is 3. The number of aryl methyl sites for hydroxylation is 1. The molecule has 1 unspecified atom stereocenters. The molecular weight excluding hydrogens is 649 g/mol. The lowest BCUT2D eigenvalue weighted by molar-refractivity contribution is -0.141. The van der Waals surface area contributed by atoms with E-state index in [1.165, 1.54) is 11.6 Å². The number of carbonyl (C=O) groups is 4. The summed E-state index contributed by atoms with van der Waals surface area (Å²) in [7, 11) is 1.41. The van der Waals surface area contributed by atoms with Crippen molar-refractivity contribution in [3.8, 4) is 17.3 Å². The first-order valence-electron chi connectivity index (χ1n) is 15.5. The lowest BCUT2D eigenvalue weighted by Crippen LogP contribution is -2.56. The molecule has 2 fully saturated rings. The molecule has 49 heavy (non-hydrogen) atoms. The number of benzene rings is 1. The molecule has 262 valence electrons. The van der Waals surface area contributed by atoms with Gasteiger partial charge in [-0.1, -0.05) is 6.92 Å². The molecule has 1 atom stereocenters. The van der Waals surface area contributed by atoms with Gasteiger partial charge < -0.3 is 35.4 Å². The van der Waals surface area contributed by atoms with Crippen molar-refractivity contribution in [1.82, 2.24) is 34.0 Å². The number of imidazole rings is 1. The Bertz CT molecular complexity index is 1720. The molecule has 2 aromatic heterocycles. The van der Waals surface area contributed by atoms with Gasteiger partial charge in [0, 0.05) is 69.8 Å². The largest absolute Gasteiger partial charge is 0.483 e. The van der Waals surface area contributed by atoms with E-state index in [-0.39, 0.29) is 48.1 Å². The number of nitriles is 1. The first kappa shape index (κ1) is 36.4. The molecule has 3 aromatic rings. The van der Waals surface area contributed by atoms with Gasteiger partial charge in [0.15, 0.2) is 11.5 Å². The van der Waals surface area contributed by atoms with Crippen LogP contribution in [0.4, 0.5) is 23.7 Å². The van der Waals surface area contributed by atoms with Crippen LogP contribution in [0.25, 0.3) is 11.3 Å². The Hall–Kier alpha value is -5.44. The minimum atomic E-state index is -4.79. The molecule has 4 amide bonds. The van der Waals surface area contributed by atoms with E-state index >= 15 is 0 Å². The Kier molecular flexibility index (Phi) is 11.6. The summed E-state index contributed by atoms with van der Waals surface area (Å²) >= 11 is 0. The maximum Gasteiger partial charge on any atom is 0.435 e. The number of amides is 4. The van der Waals surface area contributed by atoms with Crippen molar-refractivity contribution in [2.24, 2.45) is 12.8 Å². The molecule has 1 aromatic carbocycles. The SMILES string of the molecule is CCc1cc(NC(=O)c2ncc(-c3cn(CC#N)nc3C(F)(F)F)n2C)ccc1C(=O)N1CCN(C(=O)N2CCCC(N)C2)CC1.O=CO. The first-order valence-corrected chi connectivity index (χ1v) is 15.5. The third-order valence-electron chi connectivity index (χ3n) is 8.27. The van der Waals surface area contributed by atoms with Crippen molar-refractivity contribution in [3.63, 3.8) is 0 Å². The van der Waals surface area contributed by atoms with Gasteiger partial charge in [0.05, 0.1) is 23.5 Å². The van der Waals surface area contributed by atoms with Crippen molar-refractivity contribution in [3.05, 3.63) is 53.2 Å². The van der Waals surface area contributed by atoms with Gasteiger partial charge in [0.1, 0.15) is 6.54 Å². The zero-order chi connectivity index (χ0) is 35.9. The van der Waals surface area contributed by atoms with Crippen LogP contribution in [0.2, 0.25) is 0 Å². The maximum atomic E-state index is 13.7. The van der Waals surface area contributed by atoms with Crippen LogP contribution in [0.5, 0.6) is 0 Å². The summed E-state index contributed by atoms with van der Waals surface area (Å²) in [4.78, 5) is 57.2. The highest BCUT2D eigenvalue weighted by atomic mass is 19.4. The van der Waals surface area contributed by atoms with Crippen LogP contribution in [0.1, 0.15) is 52.0 Å². The lowest BCUT2D eigenvalue weighted by Gasteiger charge is -2.39. The molecule has 2 aliphatic heterocycles. The van der Waals surface area contributed by atoms with Crippen LogP contribution in [0, 0.1) is 11.3 Å². The number of likely N-dealkylation sites (tertiary alicyclic amines) is 1. The average molecular weight is 687 g/mol. The number of piperazine rings is 1. The normalized spacial score (nSPS) is 16.3. The minimum absolute atomic E-state index is 0.00171. The van der Waals surface area contributed by atoms with Crippen LogP contribution in [-0.4, -0.2) is 109 Å². The Morgan fingerprint density at radius 1 is 1.14 bits per heavy atom. The number of aromatic nitrogens is 4. The molecule has 18 heteroatoms. The average Bonchev–Trinajstić information content (AvgIpc) is 3.68. The summed E-state index contributed by atoms with van der Waals surface area (Å²) in [5.41, 5.74) is 6.09. The molecule has 0 saturated carbocycles. The molecule has 0 bridgehead atoms. The van der Waals surface area contributed by atoms with E-state index in [4.69, 9.17) is 20.9 Å². The monoisotopic (exact) mass is 686 g/mol. The number of nitrogens with two attached hydrogens (primary N) is 1. The van der Waals surface area contributed by atoms with Crippen LogP contribution in [-0.2, 0) is 31.0 Å². The third-order valence-corrected chi connectivity index (χ3v) is 8.27. The number of carbonyl (C=O) groups excluding carboxylic acids is 3. The molecule has 5 rings (SSSR count). The summed E-state index contributed by atoms with van der Waals surface area (Å²) in [5, 5.41) is 22.0. The summed E-state index contributed by atoms with van der Waals surface area (Å²) in [5.74, 6) is -0.982. The van der Waals surface area contributed by atoms with Gasteiger partial charge in [-0.05, 0) is 43.0 Å². The second kappa shape index (κ2) is 15.6. The van der Waals surface area contributed by atoms with Gasteiger partial charge in [-0.25, -0.2) is 9.78 Å². The highest BCUT2D eigenvalue weighted by Crippen LogP contribution is 2.36. The highest BCUT2D eigenvalue weighted by Gasteiger charge is 2.39. The Labute approximate surface area is 279 Å². The number of anilines is 1. The Balaban J connectivity index is 0.00000174. The van der Waals surface area contributed by atoms with Crippen LogP contribution < -0.4 is 11.1 Å². The number of alkyl halides is 3. The van der Waals surface area contributed by atoms with Gasteiger partial charge in [-0.3, -0.25) is 19.1 Å². The Morgan fingerprint density at radius 3 is 2.43 bits per heavy atom. The zero-order valence-electron chi connectivity index (χ0n) is 27.0. The number of piperidine rings is 1. The molecule has 2 saturated heterocycles. The van der Waals surface area contributed by atoms with E-state index in [2.05, 4.69) is 15.4 Å². The number of rotatable bonds is 6. The molecule has 0 spiro atoms. The standard InChI is InChI=1S/C30H35F3N10O3.CH2O2/c1-3-19-15-21(6-7-22(19)28(45)40-11-13-41(14-12-40)29(46)42-9-4-5-20(35)17-42)37-27(44)26-36-16-24(39(26)2)23-18-43(10-8-34)38-25(23)30(31,32)33;2-1-3/h6-7,15-16,18,20H,3-5,9-14,17,35H2,1-2H3,(H,37,44);1H,(H,2,3). The van der Waals surface area contributed by atoms with Gasteiger partial charge >= 0.3 is 12.2 Å². The van der Waals surface area contributed by atoms with Crippen LogP contribution >= 0.6 is 0 Å². The summed E-state index contributed by atoms with van der Waals surface area (Å²) in [6, 6.07) is 6.59. The maximum absolute atomic E-state index is 13.7. The second-order valence-corrected chi connectivity index (χ2v) is 11.5. The number of nitrogens with zero attached hydrogens (tertiary/aromatic N) is 8. The van der Waals surface area contributed by atoms with Crippen molar-refractivity contribution in [2.75, 3.05) is 44.6 Å². The summed E-state index contributed by atoms with van der Waals surface area (Å²) < 4.78 is 43.1. The fraction of sp³-hybridized carbons (Fsp3) is 0.452. The van der Waals surface area contributed by atoms with E-state index in [1.807, 2.05) is 6.92 Å². The smallest absolute Gasteiger partial charge is 0.435 e. The predicted molar refractivity (Wildman–Crippen MR) is 169 cm³/mol. The number of hydrogen-bond acceptors (Lipinski definition) is 8. The minimum Gasteiger partial charge on any atom is -0.483 e. The molecule has 4 heterocycles. The second-order valence-electron chi connectivity index (χ2n) is 11.5. The van der Waals surface area contributed by atoms with E-state index in [9.17, 15) is 27.6 Å². The van der Waals surface area contributed by atoms with Crippen molar-refractivity contribution in [1.29, 1.82) is 5.26 Å². The van der Waals surface area contributed by atoms with E-state index < -0.39 is 17.8 Å². The van der Waals surface area contributed by atoms with Crippen molar-refractivity contribution < 1.29 is 37.5 Å². The molecular formula is C31H37F3N10O5. The topological polar surface area (TPSA) is 196 Å². The van der Waals surface area contributed by atoms with Gasteiger partial charge in [-0.15, -0.1) is 0 Å². The molecule has 15 nitrogen and oxygen atoms in total. The molecule has 0 aliphatic carbocycles. The van der Waals surface area contributed by atoms with Gasteiger partial charge in [-0.2, -0.15) is 23.5 Å². The number of nitrogens with one attached hydrogen (secondary N) is 1. The number of carboxylic acid groups (broad SMARTS) is 1. The number of urea groups is 1. The summed E-state index contributed by atoms with van der Waals surface area (Å²) in [6.45, 7) is 4.09. The quantitative estimate of drug-likeness (QED) is 0.327. The van der Waals surface area contributed by atoms with Gasteiger partial charge in [0.2, 0.25) is 0 Å². The van der Waals surface area contributed by atoms with Crippen molar-refractivity contribution in [2.45, 2.75) is 44.9 Å². The lowest BCUT2D eigenvalue weighted by atomic mass is 10.0. The molecule has 0 radical (unpaired) electrons. The first-order chi connectivity index (χ1) is 23.3. The van der Waals surface area contributed by atoms with E-state index in [0.29, 0.717) is 62.5 Å². The molecule has 4 N–H and O–H groups in total. The predicted octanol–water partition coefficient (Wildman–Crippen LogP) is 2.64. The van der Waals surface area contributed by atoms with E-state index in [0.717, 1.165) is 29.9 Å². The van der Waals surface area contributed by atoms with Gasteiger partial charge in [0.25, 0.3) is 18.3 Å². The van der Waals surface area contributed by atoms with Crippen molar-refractivity contribution >= 4 is 30.0 Å². The highest BCUT2D eigenvalue weighted by molar-refractivity contribution is 6.03. The van der Waals surface area contributed by atoms with Crippen LogP contribution in [0.15, 0.2) is 30.6 Å². The molecule has 2 aliphatic rings. The third kappa shape index (κ3) is 8.35. The Morgan fingerprint density at radius 2 is 1.82 bits per heavy atom. The number of halogens is 3. The fourth-order valence-electron chi connectivity index (χ4n) is 5.86. The van der Waals surface area contributed by atoms with Crippen LogP contribution in [0.3, 0.4) is 0 Å². The summed E-state index contributed by atoms with van der Waals surface area (Å²) in [6.07, 6.45) is -0.266. The van der Waals surface area contributed by atoms with E-state index in [1.54, 1.807) is 39.0 Å². The zero-order valence-corrected chi connectivity index (χ0v) is 27.0.